The average Bonchev–Trinajstić information content (AvgIpc) is 1.25. The number of nitrogens with one attached hydrogen (secondary N) is 1. The van der Waals surface area contributed by atoms with Gasteiger partial charge in [-0.3, -0.25) is 5.41 Å². The summed E-state index contributed by atoms with van der Waals surface area (Å²) < 4.78 is 17.6. The molecule has 0 spiro atoms. The first-order valence-corrected chi connectivity index (χ1v) is 2.70. The minimum Gasteiger partial charge on any atom is -0.370 e. The standard InChI is InChI=1S/CH5N3.H3NO2S/c2-1(3)4;1-4(2)3/h(H5,2,3,4);4H,(H2,1,2,3). The highest BCUT2D eigenvalue weighted by Gasteiger charge is 1.52. The molecule has 0 aromatic carbocycles. The third-order valence-electron chi connectivity index (χ3n) is 0. The Morgan fingerprint density at radius 2 is 1.38 bits per heavy atom. The number of rotatable bonds is 0. The van der Waals surface area contributed by atoms with Crippen molar-refractivity contribution in [2.75, 3.05) is 0 Å². The van der Waals surface area contributed by atoms with Crippen molar-refractivity contribution in [3.63, 3.8) is 0 Å². The van der Waals surface area contributed by atoms with Crippen LogP contribution in [0.1, 0.15) is 0 Å². The summed E-state index contributed by atoms with van der Waals surface area (Å²) in [6.07, 6.45) is 0. The molecule has 0 saturated carbocycles. The molecule has 0 radical (unpaired) electrons. The Balaban J connectivity index is 0. The third kappa shape index (κ3) is 135. The highest BCUT2D eigenvalue weighted by Crippen LogP contribution is 1.14. The van der Waals surface area contributed by atoms with Crippen LogP contribution in [0.4, 0.5) is 0 Å². The number of thiol groups is 1. The summed E-state index contributed by atoms with van der Waals surface area (Å²) in [5, 5.41) is 10.1. The van der Waals surface area contributed by atoms with E-state index in [4.69, 9.17) is 13.8 Å². The van der Waals surface area contributed by atoms with Gasteiger partial charge in [-0.2, -0.15) is 0 Å². The van der Waals surface area contributed by atoms with Crippen LogP contribution in [0, 0.1) is 5.41 Å². The fraction of sp³-hybridized carbons (Fsp3) is 0. The molecule has 0 unspecified atom stereocenters. The zero-order valence-electron chi connectivity index (χ0n) is 4.00. The van der Waals surface area contributed by atoms with E-state index < -0.39 is 10.9 Å². The Bertz CT molecular complexity index is 116. The minimum absolute atomic E-state index is 0.333. The first-order chi connectivity index (χ1) is 3.46. The van der Waals surface area contributed by atoms with Crippen LogP contribution in [-0.4, -0.2) is 14.4 Å². The third-order valence-corrected chi connectivity index (χ3v) is 0. The van der Waals surface area contributed by atoms with Gasteiger partial charge in [-0.15, -0.1) is 0 Å². The maximum atomic E-state index is 8.81. The van der Waals surface area contributed by atoms with Gasteiger partial charge in [0.05, 0.1) is 0 Å². The van der Waals surface area contributed by atoms with E-state index in [-0.39, 0.29) is 5.96 Å². The number of hydrogen-bond donors (Lipinski definition) is 5. The summed E-state index contributed by atoms with van der Waals surface area (Å²) in [7, 11) is -2.62. The van der Waals surface area contributed by atoms with Crippen molar-refractivity contribution in [2.45, 2.75) is 0 Å². The molecule has 0 fully saturated rings. The fourth-order valence-electron chi connectivity index (χ4n) is 0. The zero-order chi connectivity index (χ0) is 7.15. The van der Waals surface area contributed by atoms with E-state index in [9.17, 15) is 0 Å². The molecule has 0 bridgehead atoms. The average molecular weight is 140 g/mol. The van der Waals surface area contributed by atoms with Gasteiger partial charge in [-0.25, -0.2) is 13.6 Å². The lowest BCUT2D eigenvalue weighted by molar-refractivity contribution is 0.616. The normalized spacial score (nSPS) is 7.25. The van der Waals surface area contributed by atoms with E-state index in [1.165, 1.54) is 0 Å². The van der Waals surface area contributed by atoms with Gasteiger partial charge in [0.15, 0.2) is 16.8 Å². The quantitative estimate of drug-likeness (QED) is 0.142. The van der Waals surface area contributed by atoms with Crippen LogP contribution in [-0.2, 0) is 10.9 Å². The second kappa shape index (κ2) is 6.18. The van der Waals surface area contributed by atoms with E-state index in [0.717, 1.165) is 0 Å². The summed E-state index contributed by atoms with van der Waals surface area (Å²) in [6.45, 7) is 0. The first-order valence-electron chi connectivity index (χ1n) is 1.45. The van der Waals surface area contributed by atoms with Gasteiger partial charge in [0.25, 0.3) is 0 Å². The van der Waals surface area contributed by atoms with Gasteiger partial charge >= 0.3 is 0 Å². The van der Waals surface area contributed by atoms with E-state index in [2.05, 4.69) is 16.6 Å². The van der Waals surface area contributed by atoms with Gasteiger partial charge in [-0.05, 0) is 0 Å². The molecule has 0 aromatic rings. The molecule has 0 rings (SSSR count). The number of nitrogens with two attached hydrogens (primary N) is 3. The van der Waals surface area contributed by atoms with E-state index in [1.54, 1.807) is 0 Å². The highest BCUT2D eigenvalue weighted by atomic mass is 32.2. The van der Waals surface area contributed by atoms with Crippen LogP contribution in [0.25, 0.3) is 0 Å². The maximum Gasteiger partial charge on any atom is 0.198 e. The second-order valence-corrected chi connectivity index (χ2v) is 1.31. The fourth-order valence-corrected chi connectivity index (χ4v) is 0. The molecule has 0 aliphatic heterocycles. The van der Waals surface area contributed by atoms with E-state index in [0.29, 0.717) is 0 Å². The zero-order valence-corrected chi connectivity index (χ0v) is 4.89. The molecule has 50 valence electrons. The summed E-state index contributed by atoms with van der Waals surface area (Å²) in [4.78, 5) is 0. The van der Waals surface area contributed by atoms with Crippen LogP contribution in [0.3, 0.4) is 0 Å². The summed E-state index contributed by atoms with van der Waals surface area (Å²) in [5.74, 6) is -0.333. The molecule has 8 heavy (non-hydrogen) atoms. The van der Waals surface area contributed by atoms with Gasteiger partial charge in [0.2, 0.25) is 0 Å². The highest BCUT2D eigenvalue weighted by molar-refractivity contribution is 7.69. The van der Waals surface area contributed by atoms with Crippen LogP contribution >= 0.6 is 0 Å². The van der Waals surface area contributed by atoms with Crippen LogP contribution in [0.5, 0.6) is 0 Å². The molecule has 7 heteroatoms. The molecule has 0 heterocycles. The summed E-state index contributed by atoms with van der Waals surface area (Å²) in [6, 6.07) is 0. The summed E-state index contributed by atoms with van der Waals surface area (Å²) in [5.41, 5.74) is 8.94. The smallest absolute Gasteiger partial charge is 0.198 e. The molecule has 0 aromatic heterocycles. The molecule has 0 aliphatic carbocycles. The lowest BCUT2D eigenvalue weighted by atomic mass is 11.1. The predicted octanol–water partition coefficient (Wildman–Crippen LogP) is -2.69. The minimum atomic E-state index is -2.62. The Morgan fingerprint density at radius 1 is 1.38 bits per heavy atom. The SMILES string of the molecule is N=C(N)N.N[SH](=O)=O. The van der Waals surface area contributed by atoms with Crippen molar-refractivity contribution in [3.05, 3.63) is 0 Å². The van der Waals surface area contributed by atoms with Crippen molar-refractivity contribution >= 4 is 16.8 Å². The predicted molar refractivity (Wildman–Crippen MR) is 30.6 cm³/mol. The molecule has 7 N–H and O–H groups in total. The lowest BCUT2D eigenvalue weighted by Crippen LogP contribution is -2.20. The van der Waals surface area contributed by atoms with Crippen LogP contribution < -0.4 is 16.6 Å². The molecule has 0 saturated heterocycles. The molecule has 6 nitrogen and oxygen atoms in total. The Morgan fingerprint density at radius 3 is 1.38 bits per heavy atom. The molecular weight excluding hydrogens is 132 g/mol. The topological polar surface area (TPSA) is 136 Å². The van der Waals surface area contributed by atoms with Gasteiger partial charge < -0.3 is 11.5 Å². The van der Waals surface area contributed by atoms with Crippen molar-refractivity contribution in [3.8, 4) is 0 Å². The molecule has 0 atom stereocenters. The summed E-state index contributed by atoms with van der Waals surface area (Å²) >= 11 is 0. The van der Waals surface area contributed by atoms with Crippen molar-refractivity contribution < 1.29 is 8.42 Å². The maximum absolute atomic E-state index is 8.81. The van der Waals surface area contributed by atoms with Gasteiger partial charge in [0, 0.05) is 0 Å². The molecule has 0 aliphatic rings. The number of hydrogen-bond acceptors (Lipinski definition) is 3. The van der Waals surface area contributed by atoms with E-state index >= 15 is 0 Å². The van der Waals surface area contributed by atoms with E-state index in [1.807, 2.05) is 0 Å². The lowest BCUT2D eigenvalue weighted by Gasteiger charge is -1.69. The van der Waals surface area contributed by atoms with Gasteiger partial charge in [0.1, 0.15) is 0 Å². The molecular formula is CH8N4O2S. The van der Waals surface area contributed by atoms with Crippen molar-refractivity contribution in [2.24, 2.45) is 16.6 Å². The largest absolute Gasteiger partial charge is 0.370 e. The second-order valence-electron chi connectivity index (χ2n) is 0.741. The monoisotopic (exact) mass is 140 g/mol. The van der Waals surface area contributed by atoms with Crippen molar-refractivity contribution in [1.29, 1.82) is 5.41 Å². The van der Waals surface area contributed by atoms with Crippen LogP contribution in [0.2, 0.25) is 0 Å². The van der Waals surface area contributed by atoms with Gasteiger partial charge in [-0.1, -0.05) is 0 Å². The number of guanidine groups is 1. The Kier molecular flexibility index (Phi) is 7.89. The Labute approximate surface area is 48.2 Å². The Hall–Kier alpha value is -0.820. The van der Waals surface area contributed by atoms with Crippen molar-refractivity contribution in [1.82, 2.24) is 0 Å². The molecule has 0 amide bonds. The van der Waals surface area contributed by atoms with Crippen LogP contribution in [0.15, 0.2) is 0 Å². The first kappa shape index (κ1) is 10.2.